The van der Waals surface area contributed by atoms with Gasteiger partial charge in [0.15, 0.2) is 11.5 Å². The number of likely N-dealkylation sites (N-methyl/N-ethyl adjacent to an activating group) is 1. The first-order valence-electron chi connectivity index (χ1n) is 8.17. The van der Waals surface area contributed by atoms with Crippen molar-refractivity contribution in [2.75, 3.05) is 13.3 Å². The molecule has 2 aromatic carbocycles. The van der Waals surface area contributed by atoms with E-state index in [0.29, 0.717) is 24.6 Å². The summed E-state index contributed by atoms with van der Waals surface area (Å²) in [5.74, 6) is 1.26. The van der Waals surface area contributed by atoms with Crippen LogP contribution in [0.25, 0.3) is 6.08 Å². The lowest BCUT2D eigenvalue weighted by atomic mass is 10.1. The Bertz CT molecular complexity index is 846. The zero-order chi connectivity index (χ0) is 18.5. The Labute approximate surface area is 150 Å². The Morgan fingerprint density at radius 2 is 1.92 bits per heavy atom. The van der Waals surface area contributed by atoms with E-state index in [-0.39, 0.29) is 18.4 Å². The molecule has 0 saturated carbocycles. The number of rotatable bonds is 6. The number of nitro benzene ring substituents is 1. The maximum atomic E-state index is 12.4. The van der Waals surface area contributed by atoms with Crippen LogP contribution in [0.15, 0.2) is 48.5 Å². The highest BCUT2D eigenvalue weighted by Crippen LogP contribution is 2.32. The Balaban J connectivity index is 1.65. The molecule has 7 heteroatoms. The maximum Gasteiger partial charge on any atom is 0.269 e. The second-order valence-corrected chi connectivity index (χ2v) is 5.72. The maximum absolute atomic E-state index is 12.4. The second kappa shape index (κ2) is 7.69. The lowest BCUT2D eigenvalue weighted by Crippen LogP contribution is -2.28. The topological polar surface area (TPSA) is 81.9 Å². The molecule has 3 rings (SSSR count). The predicted octanol–water partition coefficient (Wildman–Crippen LogP) is 3.39. The molecule has 0 N–H and O–H groups in total. The number of hydrogen-bond acceptors (Lipinski definition) is 5. The highest BCUT2D eigenvalue weighted by atomic mass is 16.7. The minimum Gasteiger partial charge on any atom is -0.454 e. The van der Waals surface area contributed by atoms with Gasteiger partial charge in [-0.3, -0.25) is 14.9 Å². The van der Waals surface area contributed by atoms with E-state index in [0.717, 1.165) is 11.1 Å². The quantitative estimate of drug-likeness (QED) is 0.451. The number of hydrogen-bond donors (Lipinski definition) is 0. The molecule has 0 fully saturated rings. The van der Waals surface area contributed by atoms with Crippen molar-refractivity contribution in [3.05, 3.63) is 69.8 Å². The minimum absolute atomic E-state index is 0.0199. The van der Waals surface area contributed by atoms with Gasteiger partial charge in [-0.05, 0) is 48.4 Å². The number of carbonyl (C=O) groups is 1. The van der Waals surface area contributed by atoms with E-state index < -0.39 is 4.92 Å². The number of nitro groups is 1. The number of fused-ring (bicyclic) bond motifs is 1. The van der Waals surface area contributed by atoms with Crippen molar-refractivity contribution in [1.82, 2.24) is 4.90 Å². The highest BCUT2D eigenvalue weighted by molar-refractivity contribution is 5.91. The number of non-ortho nitro benzene ring substituents is 1. The van der Waals surface area contributed by atoms with Crippen molar-refractivity contribution in [2.24, 2.45) is 0 Å². The fraction of sp³-hybridized carbons (Fsp3) is 0.211. The van der Waals surface area contributed by atoms with Gasteiger partial charge < -0.3 is 14.4 Å². The summed E-state index contributed by atoms with van der Waals surface area (Å²) in [4.78, 5) is 24.3. The number of ether oxygens (including phenoxy) is 2. The minimum atomic E-state index is -0.456. The molecule has 0 atom stereocenters. The Morgan fingerprint density at radius 3 is 2.62 bits per heavy atom. The largest absolute Gasteiger partial charge is 0.454 e. The summed E-state index contributed by atoms with van der Waals surface area (Å²) in [5.41, 5.74) is 1.70. The van der Waals surface area contributed by atoms with Crippen molar-refractivity contribution in [3.63, 3.8) is 0 Å². The average molecular weight is 354 g/mol. The zero-order valence-corrected chi connectivity index (χ0v) is 14.3. The summed E-state index contributed by atoms with van der Waals surface area (Å²) >= 11 is 0. The van der Waals surface area contributed by atoms with Gasteiger partial charge in [-0.25, -0.2) is 0 Å². The van der Waals surface area contributed by atoms with Crippen molar-refractivity contribution < 1.29 is 19.2 Å². The van der Waals surface area contributed by atoms with E-state index in [1.54, 1.807) is 23.1 Å². The van der Waals surface area contributed by atoms with Crippen molar-refractivity contribution >= 4 is 17.7 Å². The van der Waals surface area contributed by atoms with Gasteiger partial charge in [0.25, 0.3) is 5.69 Å². The van der Waals surface area contributed by atoms with Gasteiger partial charge in [0.1, 0.15) is 0 Å². The van der Waals surface area contributed by atoms with Gasteiger partial charge in [-0.15, -0.1) is 0 Å². The molecule has 0 unspecified atom stereocenters. The van der Waals surface area contributed by atoms with E-state index in [1.165, 1.54) is 18.2 Å². The van der Waals surface area contributed by atoms with Crippen LogP contribution in [-0.4, -0.2) is 29.1 Å². The van der Waals surface area contributed by atoms with Crippen LogP contribution in [0.4, 0.5) is 5.69 Å². The third kappa shape index (κ3) is 4.00. The number of carbonyl (C=O) groups excluding carboxylic acids is 1. The van der Waals surface area contributed by atoms with Gasteiger partial charge in [-0.2, -0.15) is 0 Å². The Hall–Kier alpha value is -3.35. The van der Waals surface area contributed by atoms with Crippen LogP contribution >= 0.6 is 0 Å². The molecule has 1 amide bonds. The van der Waals surface area contributed by atoms with Crippen molar-refractivity contribution in [3.8, 4) is 11.5 Å². The van der Waals surface area contributed by atoms with Gasteiger partial charge in [-0.1, -0.05) is 6.07 Å². The summed E-state index contributed by atoms with van der Waals surface area (Å²) in [7, 11) is 0. The normalized spacial score (nSPS) is 12.3. The van der Waals surface area contributed by atoms with Crippen LogP contribution in [0.2, 0.25) is 0 Å². The fourth-order valence-electron chi connectivity index (χ4n) is 2.59. The van der Waals surface area contributed by atoms with Crippen molar-refractivity contribution in [1.29, 1.82) is 0 Å². The molecule has 1 aliphatic rings. The molecule has 0 aromatic heterocycles. The van der Waals surface area contributed by atoms with Crippen LogP contribution < -0.4 is 9.47 Å². The first kappa shape index (κ1) is 17.5. The molecule has 134 valence electrons. The van der Waals surface area contributed by atoms with Crippen LogP contribution in [0.5, 0.6) is 11.5 Å². The molecule has 2 aromatic rings. The number of nitrogens with zero attached hydrogens (tertiary/aromatic N) is 2. The molecule has 1 heterocycles. The van der Waals surface area contributed by atoms with Crippen molar-refractivity contribution in [2.45, 2.75) is 13.5 Å². The van der Waals surface area contributed by atoms with E-state index in [1.807, 2.05) is 25.1 Å². The van der Waals surface area contributed by atoms with Gasteiger partial charge >= 0.3 is 0 Å². The van der Waals surface area contributed by atoms with E-state index in [2.05, 4.69) is 0 Å². The van der Waals surface area contributed by atoms with Gasteiger partial charge in [0, 0.05) is 31.3 Å². The molecule has 0 radical (unpaired) electrons. The molecule has 0 aliphatic carbocycles. The first-order chi connectivity index (χ1) is 12.6. The van der Waals surface area contributed by atoms with Crippen LogP contribution in [0.1, 0.15) is 18.1 Å². The van der Waals surface area contributed by atoms with Crippen LogP contribution in [0.3, 0.4) is 0 Å². The van der Waals surface area contributed by atoms with E-state index in [9.17, 15) is 14.9 Å². The molecule has 7 nitrogen and oxygen atoms in total. The Kier molecular flexibility index (Phi) is 5.17. The van der Waals surface area contributed by atoms with E-state index >= 15 is 0 Å². The fourth-order valence-corrected chi connectivity index (χ4v) is 2.59. The SMILES string of the molecule is CCN(Cc1ccc2c(c1)OCO2)C(=O)/C=C/c1ccc([N+](=O)[O-])cc1. The standard InChI is InChI=1S/C19H18N2O5/c1-2-20(12-15-5-9-17-18(11-15)26-13-25-17)19(22)10-6-14-3-7-16(8-4-14)21(23)24/h3-11H,2,12-13H2,1H3/b10-6+. The lowest BCUT2D eigenvalue weighted by Gasteiger charge is -2.19. The highest BCUT2D eigenvalue weighted by Gasteiger charge is 2.15. The number of amides is 1. The summed E-state index contributed by atoms with van der Waals surface area (Å²) in [6.07, 6.45) is 3.12. The third-order valence-electron chi connectivity index (χ3n) is 4.03. The zero-order valence-electron chi connectivity index (χ0n) is 14.3. The summed E-state index contributed by atoms with van der Waals surface area (Å²) < 4.78 is 10.6. The molecule has 1 aliphatic heterocycles. The third-order valence-corrected chi connectivity index (χ3v) is 4.03. The lowest BCUT2D eigenvalue weighted by molar-refractivity contribution is -0.384. The van der Waals surface area contributed by atoms with Gasteiger partial charge in [0.2, 0.25) is 12.7 Å². The van der Waals surface area contributed by atoms with Gasteiger partial charge in [0.05, 0.1) is 4.92 Å². The second-order valence-electron chi connectivity index (χ2n) is 5.72. The summed E-state index contributed by atoms with van der Waals surface area (Å²) in [6, 6.07) is 11.7. The molecule has 0 bridgehead atoms. The van der Waals surface area contributed by atoms with Crippen LogP contribution in [-0.2, 0) is 11.3 Å². The molecule has 0 saturated heterocycles. The molecular weight excluding hydrogens is 336 g/mol. The summed E-state index contributed by atoms with van der Waals surface area (Å²) in [6.45, 7) is 3.13. The van der Waals surface area contributed by atoms with Crippen LogP contribution in [0, 0.1) is 10.1 Å². The monoisotopic (exact) mass is 354 g/mol. The smallest absolute Gasteiger partial charge is 0.269 e. The predicted molar refractivity (Wildman–Crippen MR) is 95.8 cm³/mol. The molecule has 0 spiro atoms. The summed E-state index contributed by atoms with van der Waals surface area (Å²) in [5, 5.41) is 10.7. The Morgan fingerprint density at radius 1 is 1.19 bits per heavy atom. The average Bonchev–Trinajstić information content (AvgIpc) is 3.12. The van der Waals surface area contributed by atoms with E-state index in [4.69, 9.17) is 9.47 Å². The molecule has 26 heavy (non-hydrogen) atoms. The number of benzene rings is 2. The molecular formula is C19H18N2O5. The first-order valence-corrected chi connectivity index (χ1v) is 8.17.